The number of carbonyl (C=O) groups is 2. The molecule has 0 aromatic heterocycles. The van der Waals surface area contributed by atoms with Crippen molar-refractivity contribution in [1.29, 1.82) is 0 Å². The quantitative estimate of drug-likeness (QED) is 0.441. The van der Waals surface area contributed by atoms with Crippen LogP contribution in [0.25, 0.3) is 0 Å². The molecule has 0 N–H and O–H groups in total. The first-order valence-electron chi connectivity index (χ1n) is 4.96. The second-order valence-electron chi connectivity index (χ2n) is 3.29. The summed E-state index contributed by atoms with van der Waals surface area (Å²) in [7, 11) is 2.59. The average molecular weight is 238 g/mol. The van der Waals surface area contributed by atoms with Crippen LogP contribution in [0.3, 0.4) is 0 Å². The average Bonchev–Trinajstić information content (AvgIpc) is 2.35. The second kappa shape index (κ2) is 6.00. The summed E-state index contributed by atoms with van der Waals surface area (Å²) < 4.78 is 14.6. The standard InChI is InChI=1S/C12H14O5/c1-8(13)9-4-6-10(7-5-9)17-12(16-3)11(14)15-2/h4-7,12H,1-3H3. The van der Waals surface area contributed by atoms with Crippen molar-refractivity contribution in [3.05, 3.63) is 29.8 Å². The fourth-order valence-corrected chi connectivity index (χ4v) is 1.18. The lowest BCUT2D eigenvalue weighted by molar-refractivity contribution is -0.170. The van der Waals surface area contributed by atoms with Crippen molar-refractivity contribution >= 4 is 11.8 Å². The number of carbonyl (C=O) groups excluding carboxylic acids is 2. The number of ketones is 1. The molecule has 17 heavy (non-hydrogen) atoms. The van der Waals surface area contributed by atoms with E-state index in [2.05, 4.69) is 4.74 Å². The molecule has 92 valence electrons. The summed E-state index contributed by atoms with van der Waals surface area (Å²) in [6.07, 6.45) is -1.11. The largest absolute Gasteiger partial charge is 0.464 e. The zero-order valence-electron chi connectivity index (χ0n) is 9.93. The van der Waals surface area contributed by atoms with Gasteiger partial charge in [-0.25, -0.2) is 4.79 Å². The Morgan fingerprint density at radius 2 is 1.71 bits per heavy atom. The van der Waals surface area contributed by atoms with Crippen molar-refractivity contribution in [2.24, 2.45) is 0 Å². The van der Waals surface area contributed by atoms with Crippen LogP contribution in [-0.4, -0.2) is 32.3 Å². The number of Topliss-reactive ketones (excluding diaryl/α,β-unsaturated/α-hetero) is 1. The number of methoxy groups -OCH3 is 2. The van der Waals surface area contributed by atoms with Crippen LogP contribution in [0.5, 0.6) is 5.75 Å². The normalized spacial score (nSPS) is 11.7. The molecule has 1 unspecified atom stereocenters. The molecule has 0 saturated carbocycles. The Labute approximate surface area is 99.3 Å². The van der Waals surface area contributed by atoms with E-state index in [0.29, 0.717) is 11.3 Å². The van der Waals surface area contributed by atoms with Crippen LogP contribution in [0, 0.1) is 0 Å². The topological polar surface area (TPSA) is 61.8 Å². The summed E-state index contributed by atoms with van der Waals surface area (Å²) in [4.78, 5) is 22.2. The molecule has 0 aliphatic heterocycles. The zero-order chi connectivity index (χ0) is 12.8. The molecule has 0 aliphatic rings. The van der Waals surface area contributed by atoms with Crippen molar-refractivity contribution in [2.45, 2.75) is 13.2 Å². The molecule has 0 saturated heterocycles. The molecular weight excluding hydrogens is 224 g/mol. The first-order valence-corrected chi connectivity index (χ1v) is 4.96. The number of hydrogen-bond donors (Lipinski definition) is 0. The predicted molar refractivity (Wildman–Crippen MR) is 59.9 cm³/mol. The first kappa shape index (κ1) is 13.2. The zero-order valence-corrected chi connectivity index (χ0v) is 9.93. The van der Waals surface area contributed by atoms with Gasteiger partial charge in [0, 0.05) is 12.7 Å². The third-order valence-electron chi connectivity index (χ3n) is 2.11. The van der Waals surface area contributed by atoms with Crippen molar-refractivity contribution in [2.75, 3.05) is 14.2 Å². The molecule has 0 aliphatic carbocycles. The lowest BCUT2D eigenvalue weighted by Gasteiger charge is -2.14. The van der Waals surface area contributed by atoms with Gasteiger partial charge in [0.2, 0.25) is 0 Å². The van der Waals surface area contributed by atoms with Gasteiger partial charge < -0.3 is 14.2 Å². The molecule has 0 bridgehead atoms. The Morgan fingerprint density at radius 1 is 1.12 bits per heavy atom. The van der Waals surface area contributed by atoms with E-state index in [0.717, 1.165) is 0 Å². The molecule has 1 atom stereocenters. The highest BCUT2D eigenvalue weighted by Gasteiger charge is 2.20. The molecule has 1 aromatic carbocycles. The van der Waals surface area contributed by atoms with Gasteiger partial charge in [-0.2, -0.15) is 0 Å². The number of ether oxygens (including phenoxy) is 3. The van der Waals surface area contributed by atoms with E-state index >= 15 is 0 Å². The highest BCUT2D eigenvalue weighted by molar-refractivity contribution is 5.94. The van der Waals surface area contributed by atoms with E-state index in [-0.39, 0.29) is 5.78 Å². The first-order chi connectivity index (χ1) is 8.08. The molecule has 0 spiro atoms. The Morgan fingerprint density at radius 3 is 2.12 bits per heavy atom. The predicted octanol–water partition coefficient (Wildman–Crippen LogP) is 1.41. The maximum absolute atomic E-state index is 11.2. The Balaban J connectivity index is 2.74. The number of esters is 1. The van der Waals surface area contributed by atoms with Gasteiger partial charge in [-0.15, -0.1) is 0 Å². The van der Waals surface area contributed by atoms with E-state index in [9.17, 15) is 9.59 Å². The lowest BCUT2D eigenvalue weighted by Crippen LogP contribution is -2.30. The van der Waals surface area contributed by atoms with Crippen molar-refractivity contribution in [1.82, 2.24) is 0 Å². The molecule has 1 aromatic rings. The maximum Gasteiger partial charge on any atom is 0.376 e. The molecular formula is C12H14O5. The van der Waals surface area contributed by atoms with Crippen LogP contribution < -0.4 is 4.74 Å². The van der Waals surface area contributed by atoms with Crippen LogP contribution in [-0.2, 0) is 14.3 Å². The fraction of sp³-hybridized carbons (Fsp3) is 0.333. The maximum atomic E-state index is 11.2. The van der Waals surface area contributed by atoms with Crippen LogP contribution in [0.1, 0.15) is 17.3 Å². The number of benzene rings is 1. The molecule has 0 amide bonds. The highest BCUT2D eigenvalue weighted by atomic mass is 16.7. The molecule has 0 fully saturated rings. The van der Waals surface area contributed by atoms with Gasteiger partial charge in [0.05, 0.1) is 7.11 Å². The fourth-order valence-electron chi connectivity index (χ4n) is 1.18. The highest BCUT2D eigenvalue weighted by Crippen LogP contribution is 2.15. The summed E-state index contributed by atoms with van der Waals surface area (Å²) in [5.41, 5.74) is 0.574. The Kier molecular flexibility index (Phi) is 4.66. The SMILES string of the molecule is COC(=O)C(OC)Oc1ccc(C(C)=O)cc1. The summed E-state index contributed by atoms with van der Waals surface area (Å²) in [5, 5.41) is 0. The minimum atomic E-state index is -1.11. The van der Waals surface area contributed by atoms with E-state index in [4.69, 9.17) is 9.47 Å². The molecule has 0 radical (unpaired) electrons. The minimum absolute atomic E-state index is 0.0344. The van der Waals surface area contributed by atoms with Gasteiger partial charge >= 0.3 is 5.97 Å². The van der Waals surface area contributed by atoms with Crippen LogP contribution in [0.15, 0.2) is 24.3 Å². The summed E-state index contributed by atoms with van der Waals surface area (Å²) in [6.45, 7) is 1.47. The van der Waals surface area contributed by atoms with E-state index in [1.165, 1.54) is 21.1 Å². The molecule has 5 heteroatoms. The van der Waals surface area contributed by atoms with Crippen LogP contribution in [0.4, 0.5) is 0 Å². The van der Waals surface area contributed by atoms with Crippen molar-refractivity contribution < 1.29 is 23.8 Å². The van der Waals surface area contributed by atoms with Gasteiger partial charge in [-0.05, 0) is 31.2 Å². The third-order valence-corrected chi connectivity index (χ3v) is 2.11. The van der Waals surface area contributed by atoms with Gasteiger partial charge in [0.1, 0.15) is 5.75 Å². The van der Waals surface area contributed by atoms with Crippen LogP contribution >= 0.6 is 0 Å². The van der Waals surface area contributed by atoms with Crippen molar-refractivity contribution in [3.63, 3.8) is 0 Å². The second-order valence-corrected chi connectivity index (χ2v) is 3.29. The smallest absolute Gasteiger partial charge is 0.376 e. The monoisotopic (exact) mass is 238 g/mol. The van der Waals surface area contributed by atoms with E-state index < -0.39 is 12.3 Å². The lowest BCUT2D eigenvalue weighted by atomic mass is 10.1. The minimum Gasteiger partial charge on any atom is -0.464 e. The Hall–Kier alpha value is -1.88. The number of hydrogen-bond acceptors (Lipinski definition) is 5. The summed E-state index contributed by atoms with van der Waals surface area (Å²) in [6, 6.07) is 6.40. The molecule has 1 rings (SSSR count). The van der Waals surface area contributed by atoms with Gasteiger partial charge in [0.25, 0.3) is 6.29 Å². The Bertz CT molecular complexity index is 396. The van der Waals surface area contributed by atoms with E-state index in [1.807, 2.05) is 0 Å². The van der Waals surface area contributed by atoms with Crippen LogP contribution in [0.2, 0.25) is 0 Å². The molecule has 5 nitrogen and oxygen atoms in total. The van der Waals surface area contributed by atoms with E-state index in [1.54, 1.807) is 24.3 Å². The number of rotatable bonds is 5. The van der Waals surface area contributed by atoms with Gasteiger partial charge in [0.15, 0.2) is 5.78 Å². The van der Waals surface area contributed by atoms with Gasteiger partial charge in [-0.3, -0.25) is 4.79 Å². The summed E-state index contributed by atoms with van der Waals surface area (Å²) >= 11 is 0. The third kappa shape index (κ3) is 3.57. The molecule has 0 heterocycles. The van der Waals surface area contributed by atoms with Crippen molar-refractivity contribution in [3.8, 4) is 5.75 Å². The summed E-state index contributed by atoms with van der Waals surface area (Å²) in [5.74, 6) is -0.233. The van der Waals surface area contributed by atoms with Gasteiger partial charge in [-0.1, -0.05) is 0 Å².